The molecule has 0 aliphatic carbocycles. The van der Waals surface area contributed by atoms with Crippen molar-refractivity contribution in [3.8, 4) is 0 Å². The van der Waals surface area contributed by atoms with Crippen LogP contribution in [-0.2, 0) is 4.79 Å². The second-order valence-corrected chi connectivity index (χ2v) is 5.08. The van der Waals surface area contributed by atoms with Gasteiger partial charge in [-0.05, 0) is 12.3 Å². The molecule has 1 amide bonds. The predicted octanol–water partition coefficient (Wildman–Crippen LogP) is 1.53. The van der Waals surface area contributed by atoms with Gasteiger partial charge in [0.05, 0.1) is 5.25 Å². The third kappa shape index (κ3) is 4.52. The van der Waals surface area contributed by atoms with Crippen molar-refractivity contribution in [1.82, 2.24) is 5.43 Å². The predicted molar refractivity (Wildman–Crippen MR) is 58.3 cm³/mol. The number of rotatable bonds is 5. The van der Waals surface area contributed by atoms with Gasteiger partial charge >= 0.3 is 0 Å². The molecule has 0 radical (unpaired) electrons. The van der Waals surface area contributed by atoms with E-state index < -0.39 is 0 Å². The van der Waals surface area contributed by atoms with Gasteiger partial charge in [-0.3, -0.25) is 10.2 Å². The lowest BCUT2D eigenvalue weighted by Crippen LogP contribution is -2.38. The number of carbonyl (C=O) groups excluding carboxylic acids is 1. The minimum Gasteiger partial charge on any atom is -0.293 e. The highest BCUT2D eigenvalue weighted by Crippen LogP contribution is 2.25. The molecule has 2 atom stereocenters. The first-order valence-corrected chi connectivity index (χ1v) is 5.63. The normalized spacial score (nSPS) is 15.5. The fraction of sp³-hybridized carbons (Fsp3) is 0.889. The summed E-state index contributed by atoms with van der Waals surface area (Å²) >= 11 is 1.69. The van der Waals surface area contributed by atoms with Gasteiger partial charge in [-0.2, -0.15) is 0 Å². The minimum absolute atomic E-state index is 0.0117. The van der Waals surface area contributed by atoms with Crippen molar-refractivity contribution in [3.05, 3.63) is 0 Å². The van der Waals surface area contributed by atoms with Gasteiger partial charge in [-0.1, -0.05) is 27.7 Å². The summed E-state index contributed by atoms with van der Waals surface area (Å²) in [4.78, 5) is 11.2. The fourth-order valence-electron chi connectivity index (χ4n) is 0.853. The molecule has 0 aromatic carbocycles. The average Bonchev–Trinajstić information content (AvgIpc) is 2.12. The molecule has 0 aliphatic rings. The van der Waals surface area contributed by atoms with Crippen LogP contribution in [0.25, 0.3) is 0 Å². The van der Waals surface area contributed by atoms with E-state index in [4.69, 9.17) is 5.84 Å². The van der Waals surface area contributed by atoms with Crippen LogP contribution in [0.2, 0.25) is 0 Å². The van der Waals surface area contributed by atoms with Gasteiger partial charge in [0.25, 0.3) is 0 Å². The second-order valence-electron chi connectivity index (χ2n) is 3.49. The topological polar surface area (TPSA) is 55.1 Å². The van der Waals surface area contributed by atoms with Crippen molar-refractivity contribution in [2.24, 2.45) is 11.8 Å². The lowest BCUT2D eigenvalue weighted by Gasteiger charge is -2.20. The molecule has 78 valence electrons. The highest BCUT2D eigenvalue weighted by Gasteiger charge is 2.20. The van der Waals surface area contributed by atoms with Crippen molar-refractivity contribution in [2.45, 2.75) is 44.6 Å². The number of hydrazine groups is 1. The zero-order valence-corrected chi connectivity index (χ0v) is 9.65. The Morgan fingerprint density at radius 3 is 2.31 bits per heavy atom. The number of amides is 1. The number of nitrogens with one attached hydrogen (secondary N) is 1. The molecule has 3 nitrogen and oxygen atoms in total. The molecule has 2 unspecified atom stereocenters. The molecule has 0 heterocycles. The highest BCUT2D eigenvalue weighted by atomic mass is 32.2. The van der Waals surface area contributed by atoms with Gasteiger partial charge in [0.1, 0.15) is 0 Å². The smallest absolute Gasteiger partial charge is 0.246 e. The van der Waals surface area contributed by atoms with Crippen molar-refractivity contribution in [2.75, 3.05) is 0 Å². The van der Waals surface area contributed by atoms with Gasteiger partial charge in [0.15, 0.2) is 0 Å². The summed E-state index contributed by atoms with van der Waals surface area (Å²) in [7, 11) is 0. The first kappa shape index (κ1) is 12.8. The van der Waals surface area contributed by atoms with E-state index in [0.29, 0.717) is 11.2 Å². The number of thioether (sulfide) groups is 1. The largest absolute Gasteiger partial charge is 0.293 e. The molecule has 0 spiro atoms. The Hall–Kier alpha value is -0.220. The lowest BCUT2D eigenvalue weighted by atomic mass is 10.2. The van der Waals surface area contributed by atoms with Gasteiger partial charge < -0.3 is 0 Å². The van der Waals surface area contributed by atoms with Crippen molar-refractivity contribution in [3.63, 3.8) is 0 Å². The summed E-state index contributed by atoms with van der Waals surface area (Å²) in [6.45, 7) is 8.46. The molecule has 0 fully saturated rings. The molecule has 4 heteroatoms. The summed E-state index contributed by atoms with van der Waals surface area (Å²) in [5.74, 6) is 5.61. The van der Waals surface area contributed by atoms with E-state index in [9.17, 15) is 4.79 Å². The van der Waals surface area contributed by atoms with E-state index in [1.54, 1.807) is 11.8 Å². The Morgan fingerprint density at radius 2 is 2.00 bits per heavy atom. The number of carbonyl (C=O) groups is 1. The molecular weight excluding hydrogens is 184 g/mol. The molecule has 0 saturated carbocycles. The SMILES string of the molecule is CCC(SC(C)C(C)C)C(=O)NN. The van der Waals surface area contributed by atoms with Crippen LogP contribution in [-0.4, -0.2) is 16.4 Å². The summed E-state index contributed by atoms with van der Waals surface area (Å²) in [5, 5.41) is 0.477. The van der Waals surface area contributed by atoms with Crippen molar-refractivity contribution >= 4 is 17.7 Å². The second kappa shape index (κ2) is 6.27. The summed E-state index contributed by atoms with van der Waals surface area (Å²) in [6.07, 6.45) is 0.824. The average molecular weight is 204 g/mol. The molecule has 0 aromatic rings. The first-order valence-electron chi connectivity index (χ1n) is 4.68. The zero-order chi connectivity index (χ0) is 10.4. The third-order valence-corrected chi connectivity index (χ3v) is 3.97. The quantitative estimate of drug-likeness (QED) is 0.406. The van der Waals surface area contributed by atoms with Gasteiger partial charge in [-0.25, -0.2) is 5.84 Å². The molecule has 0 aromatic heterocycles. The van der Waals surface area contributed by atoms with Crippen LogP contribution in [0.15, 0.2) is 0 Å². The Kier molecular flexibility index (Phi) is 6.16. The van der Waals surface area contributed by atoms with E-state index in [2.05, 4.69) is 26.2 Å². The van der Waals surface area contributed by atoms with Gasteiger partial charge in [0.2, 0.25) is 5.91 Å². The van der Waals surface area contributed by atoms with E-state index in [-0.39, 0.29) is 11.2 Å². The van der Waals surface area contributed by atoms with Crippen LogP contribution < -0.4 is 11.3 Å². The Morgan fingerprint density at radius 1 is 1.46 bits per heavy atom. The maximum Gasteiger partial charge on any atom is 0.246 e. The first-order chi connectivity index (χ1) is 6.02. The summed E-state index contributed by atoms with van der Waals surface area (Å²) < 4.78 is 0. The maximum atomic E-state index is 11.2. The highest BCUT2D eigenvalue weighted by molar-refractivity contribution is 8.01. The van der Waals surface area contributed by atoms with Gasteiger partial charge in [0, 0.05) is 5.25 Å². The van der Waals surface area contributed by atoms with E-state index in [1.165, 1.54) is 0 Å². The molecule has 0 rings (SSSR count). The van der Waals surface area contributed by atoms with Crippen LogP contribution in [0.3, 0.4) is 0 Å². The molecule has 0 aliphatic heterocycles. The lowest BCUT2D eigenvalue weighted by molar-refractivity contribution is -0.120. The van der Waals surface area contributed by atoms with Gasteiger partial charge in [-0.15, -0.1) is 11.8 Å². The maximum absolute atomic E-state index is 11.2. The van der Waals surface area contributed by atoms with Crippen LogP contribution in [0.5, 0.6) is 0 Å². The summed E-state index contributed by atoms with van der Waals surface area (Å²) in [5.41, 5.74) is 2.20. The molecular formula is C9H20N2OS. The van der Waals surface area contributed by atoms with E-state index in [0.717, 1.165) is 6.42 Å². The van der Waals surface area contributed by atoms with Crippen LogP contribution >= 0.6 is 11.8 Å². The molecule has 0 bridgehead atoms. The van der Waals surface area contributed by atoms with E-state index in [1.807, 2.05) is 6.92 Å². The Labute approximate surface area is 84.8 Å². The number of hydrogen-bond donors (Lipinski definition) is 2. The molecule has 3 N–H and O–H groups in total. The third-order valence-electron chi connectivity index (χ3n) is 2.12. The monoisotopic (exact) mass is 204 g/mol. The van der Waals surface area contributed by atoms with Crippen molar-refractivity contribution < 1.29 is 4.79 Å². The zero-order valence-electron chi connectivity index (χ0n) is 8.83. The molecule has 0 saturated heterocycles. The molecule has 13 heavy (non-hydrogen) atoms. The standard InChI is InChI=1S/C9H20N2OS/c1-5-8(9(12)11-10)13-7(4)6(2)3/h6-8H,5,10H2,1-4H3,(H,11,12). The number of nitrogens with two attached hydrogens (primary N) is 1. The van der Waals surface area contributed by atoms with Crippen LogP contribution in [0.4, 0.5) is 0 Å². The Bertz CT molecular complexity index is 162. The van der Waals surface area contributed by atoms with Crippen molar-refractivity contribution in [1.29, 1.82) is 0 Å². The van der Waals surface area contributed by atoms with Crippen LogP contribution in [0.1, 0.15) is 34.1 Å². The number of hydrogen-bond acceptors (Lipinski definition) is 3. The Balaban J connectivity index is 4.05. The van der Waals surface area contributed by atoms with Crippen LogP contribution in [0, 0.1) is 5.92 Å². The van der Waals surface area contributed by atoms with E-state index >= 15 is 0 Å². The fourth-order valence-corrected chi connectivity index (χ4v) is 2.07. The summed E-state index contributed by atoms with van der Waals surface area (Å²) in [6, 6.07) is 0. The minimum atomic E-state index is -0.0694.